The molecule has 0 aromatic heterocycles. The Labute approximate surface area is 78.1 Å². The first kappa shape index (κ1) is 11.9. The minimum Gasteiger partial charge on any atom is -0.368 e. The summed E-state index contributed by atoms with van der Waals surface area (Å²) in [5, 5.41) is 5.39. The lowest BCUT2D eigenvalue weighted by atomic mass is 10.2. The molecule has 1 unspecified atom stereocenters. The molecule has 0 aliphatic carbocycles. The highest BCUT2D eigenvalue weighted by Gasteiger charge is 2.11. The van der Waals surface area contributed by atoms with Crippen LogP contribution in [0.1, 0.15) is 19.8 Å². The monoisotopic (exact) mass is 187 g/mol. The second kappa shape index (κ2) is 6.42. The highest BCUT2D eigenvalue weighted by atomic mass is 16.2. The van der Waals surface area contributed by atoms with Crippen molar-refractivity contribution in [2.24, 2.45) is 5.73 Å². The molecule has 0 saturated heterocycles. The molecule has 4 N–H and O–H groups in total. The van der Waals surface area contributed by atoms with E-state index in [4.69, 9.17) is 5.73 Å². The fourth-order valence-electron chi connectivity index (χ4n) is 0.931. The van der Waals surface area contributed by atoms with E-state index in [0.717, 1.165) is 0 Å². The molecule has 0 heterocycles. The Morgan fingerprint density at radius 2 is 2.08 bits per heavy atom. The van der Waals surface area contributed by atoms with E-state index in [1.165, 1.54) is 0 Å². The van der Waals surface area contributed by atoms with Crippen LogP contribution in [0.3, 0.4) is 0 Å². The van der Waals surface area contributed by atoms with Crippen LogP contribution in [-0.2, 0) is 9.59 Å². The fraction of sp³-hybridized carbons (Fsp3) is 0.750. The summed E-state index contributed by atoms with van der Waals surface area (Å²) < 4.78 is 0. The third kappa shape index (κ3) is 5.19. The lowest BCUT2D eigenvalue weighted by Crippen LogP contribution is -2.42. The molecule has 0 radical (unpaired) electrons. The zero-order chi connectivity index (χ0) is 10.3. The van der Waals surface area contributed by atoms with Crippen molar-refractivity contribution >= 4 is 11.8 Å². The van der Waals surface area contributed by atoms with E-state index in [9.17, 15) is 9.59 Å². The Morgan fingerprint density at radius 1 is 1.46 bits per heavy atom. The summed E-state index contributed by atoms with van der Waals surface area (Å²) >= 11 is 0. The zero-order valence-electron chi connectivity index (χ0n) is 8.09. The Bertz CT molecular complexity index is 182. The second-order valence-electron chi connectivity index (χ2n) is 2.74. The van der Waals surface area contributed by atoms with Crippen LogP contribution in [0.5, 0.6) is 0 Å². The molecule has 76 valence electrons. The largest absolute Gasteiger partial charge is 0.368 e. The van der Waals surface area contributed by atoms with Crippen LogP contribution in [0.15, 0.2) is 0 Å². The third-order valence-corrected chi connectivity index (χ3v) is 1.77. The van der Waals surface area contributed by atoms with Crippen molar-refractivity contribution in [1.82, 2.24) is 10.6 Å². The summed E-state index contributed by atoms with van der Waals surface area (Å²) in [5.41, 5.74) is 5.09. The van der Waals surface area contributed by atoms with Crippen LogP contribution in [0.4, 0.5) is 0 Å². The van der Waals surface area contributed by atoms with Gasteiger partial charge in [0.05, 0.1) is 6.04 Å². The predicted molar refractivity (Wildman–Crippen MR) is 50.0 cm³/mol. The van der Waals surface area contributed by atoms with Crippen LogP contribution in [0, 0.1) is 0 Å². The maximum atomic E-state index is 10.8. The molecule has 2 amide bonds. The quantitative estimate of drug-likeness (QED) is 0.497. The maximum absolute atomic E-state index is 10.8. The van der Waals surface area contributed by atoms with Gasteiger partial charge in [0, 0.05) is 20.0 Å². The number of carbonyl (C=O) groups excluding carboxylic acids is 2. The van der Waals surface area contributed by atoms with Crippen LogP contribution < -0.4 is 16.4 Å². The molecule has 1 atom stereocenters. The van der Waals surface area contributed by atoms with Crippen LogP contribution >= 0.6 is 0 Å². The number of rotatable bonds is 6. The SMILES string of the molecule is CCC(NCCC(=O)NC)C(N)=O. The van der Waals surface area contributed by atoms with Crippen molar-refractivity contribution in [3.8, 4) is 0 Å². The molecule has 13 heavy (non-hydrogen) atoms. The van der Waals surface area contributed by atoms with Crippen LogP contribution in [-0.4, -0.2) is 31.4 Å². The molecule has 5 heteroatoms. The smallest absolute Gasteiger partial charge is 0.234 e. The molecule has 0 aromatic rings. The Kier molecular flexibility index (Phi) is 5.88. The lowest BCUT2D eigenvalue weighted by molar-refractivity contribution is -0.122. The van der Waals surface area contributed by atoms with Gasteiger partial charge in [-0.25, -0.2) is 0 Å². The van der Waals surface area contributed by atoms with E-state index in [0.29, 0.717) is 19.4 Å². The Morgan fingerprint density at radius 3 is 2.46 bits per heavy atom. The average Bonchev–Trinajstić information content (AvgIpc) is 2.11. The van der Waals surface area contributed by atoms with Gasteiger partial charge >= 0.3 is 0 Å². The molecule has 0 aromatic carbocycles. The summed E-state index contributed by atoms with van der Waals surface area (Å²) in [5.74, 6) is -0.425. The first-order valence-electron chi connectivity index (χ1n) is 4.35. The predicted octanol–water partition coefficient (Wildman–Crippen LogP) is -1.02. The summed E-state index contributed by atoms with van der Waals surface area (Å²) in [7, 11) is 1.58. The number of nitrogens with two attached hydrogens (primary N) is 1. The van der Waals surface area contributed by atoms with Gasteiger partial charge in [-0.3, -0.25) is 9.59 Å². The molecule has 0 fully saturated rings. The van der Waals surface area contributed by atoms with Crippen molar-refractivity contribution in [2.45, 2.75) is 25.8 Å². The van der Waals surface area contributed by atoms with Crippen molar-refractivity contribution in [2.75, 3.05) is 13.6 Å². The van der Waals surface area contributed by atoms with E-state index in [1.807, 2.05) is 6.92 Å². The summed E-state index contributed by atoms with van der Waals surface area (Å²) in [6.07, 6.45) is 1.00. The molecular formula is C8H17N3O2. The first-order chi connectivity index (χ1) is 6.11. The van der Waals surface area contributed by atoms with E-state index < -0.39 is 0 Å². The van der Waals surface area contributed by atoms with Gasteiger partial charge in [-0.2, -0.15) is 0 Å². The van der Waals surface area contributed by atoms with Gasteiger partial charge in [0.2, 0.25) is 11.8 Å². The summed E-state index contributed by atoms with van der Waals surface area (Å²) in [6.45, 7) is 2.34. The molecule has 0 rings (SSSR count). The highest BCUT2D eigenvalue weighted by Crippen LogP contribution is 1.89. The van der Waals surface area contributed by atoms with Crippen molar-refractivity contribution in [1.29, 1.82) is 0 Å². The number of carbonyl (C=O) groups is 2. The zero-order valence-corrected chi connectivity index (χ0v) is 8.09. The van der Waals surface area contributed by atoms with Gasteiger partial charge in [-0.1, -0.05) is 6.92 Å². The van der Waals surface area contributed by atoms with Gasteiger partial charge < -0.3 is 16.4 Å². The van der Waals surface area contributed by atoms with Crippen molar-refractivity contribution in [3.05, 3.63) is 0 Å². The number of nitrogens with one attached hydrogen (secondary N) is 2. The second-order valence-corrected chi connectivity index (χ2v) is 2.74. The van der Waals surface area contributed by atoms with E-state index >= 15 is 0 Å². The van der Waals surface area contributed by atoms with Crippen LogP contribution in [0.2, 0.25) is 0 Å². The Balaban J connectivity index is 3.61. The molecular weight excluding hydrogens is 170 g/mol. The molecule has 0 bridgehead atoms. The maximum Gasteiger partial charge on any atom is 0.234 e. The van der Waals surface area contributed by atoms with Crippen molar-refractivity contribution in [3.63, 3.8) is 0 Å². The minimum absolute atomic E-state index is 0.0492. The number of hydrogen-bond acceptors (Lipinski definition) is 3. The number of amides is 2. The summed E-state index contributed by atoms with van der Waals surface area (Å²) in [6, 6.07) is -0.329. The molecule has 0 aliphatic heterocycles. The first-order valence-corrected chi connectivity index (χ1v) is 4.35. The molecule has 0 aliphatic rings. The standard InChI is InChI=1S/C8H17N3O2/c1-3-6(8(9)13)11-5-4-7(12)10-2/h6,11H,3-5H2,1-2H3,(H2,9,13)(H,10,12). The van der Waals surface area contributed by atoms with E-state index in [2.05, 4.69) is 10.6 Å². The van der Waals surface area contributed by atoms with Gasteiger partial charge in [0.15, 0.2) is 0 Å². The lowest BCUT2D eigenvalue weighted by Gasteiger charge is -2.12. The number of hydrogen-bond donors (Lipinski definition) is 3. The molecule has 5 nitrogen and oxygen atoms in total. The van der Waals surface area contributed by atoms with Crippen molar-refractivity contribution < 1.29 is 9.59 Å². The van der Waals surface area contributed by atoms with Gasteiger partial charge in [-0.15, -0.1) is 0 Å². The molecule has 0 saturated carbocycles. The molecule has 0 spiro atoms. The van der Waals surface area contributed by atoms with E-state index in [1.54, 1.807) is 7.05 Å². The van der Waals surface area contributed by atoms with Crippen LogP contribution in [0.25, 0.3) is 0 Å². The average molecular weight is 187 g/mol. The fourth-order valence-corrected chi connectivity index (χ4v) is 0.931. The van der Waals surface area contributed by atoms with Gasteiger partial charge in [0.1, 0.15) is 0 Å². The number of primary amides is 1. The van der Waals surface area contributed by atoms with Gasteiger partial charge in [0.25, 0.3) is 0 Å². The van der Waals surface area contributed by atoms with E-state index in [-0.39, 0.29) is 17.9 Å². The third-order valence-electron chi connectivity index (χ3n) is 1.77. The normalized spacial score (nSPS) is 12.2. The Hall–Kier alpha value is -1.10. The minimum atomic E-state index is -0.376. The highest BCUT2D eigenvalue weighted by molar-refractivity contribution is 5.80. The topological polar surface area (TPSA) is 84.2 Å². The summed E-state index contributed by atoms with van der Waals surface area (Å²) in [4.78, 5) is 21.5. The van der Waals surface area contributed by atoms with Gasteiger partial charge in [-0.05, 0) is 6.42 Å².